The second kappa shape index (κ2) is 12.8. The van der Waals surface area contributed by atoms with E-state index in [1.54, 1.807) is 0 Å². The Hall–Kier alpha value is 0.380. The van der Waals surface area contributed by atoms with Crippen molar-refractivity contribution < 1.29 is 0 Å². The van der Waals surface area contributed by atoms with Crippen LogP contribution in [0.15, 0.2) is 0 Å². The van der Waals surface area contributed by atoms with E-state index in [9.17, 15) is 0 Å². The Morgan fingerprint density at radius 2 is 1.29 bits per heavy atom. The van der Waals surface area contributed by atoms with Crippen LogP contribution in [-0.2, 0) is 0 Å². The van der Waals surface area contributed by atoms with E-state index in [0.29, 0.717) is 10.2 Å². The van der Waals surface area contributed by atoms with Gasteiger partial charge >= 0.3 is 0 Å². The van der Waals surface area contributed by atoms with Gasteiger partial charge in [-0.15, -0.1) is 0 Å². The maximum absolute atomic E-state index is 5.78. The zero-order valence-corrected chi connectivity index (χ0v) is 13.2. The summed E-state index contributed by atoms with van der Waals surface area (Å²) in [7, 11) is 0. The first kappa shape index (κ1) is 17.4. The molecule has 0 bridgehead atoms. The zero-order valence-electron chi connectivity index (χ0n) is 11.6. The standard InChI is InChI=1S/C15H29ClS/c1-3-4-5-6-7-8-9-10-11-12-13-14(2)15(16)17/h14H,3-13H2,1-2H3. The molecule has 0 radical (unpaired) electrons. The highest BCUT2D eigenvalue weighted by atomic mass is 35.5. The molecule has 0 rings (SSSR count). The Labute approximate surface area is 119 Å². The summed E-state index contributed by atoms with van der Waals surface area (Å²) in [5, 5.41) is 0. The fourth-order valence-electron chi connectivity index (χ4n) is 2.05. The van der Waals surface area contributed by atoms with Gasteiger partial charge in [0.15, 0.2) is 0 Å². The third-order valence-corrected chi connectivity index (χ3v) is 4.15. The molecule has 0 saturated heterocycles. The lowest BCUT2D eigenvalue weighted by molar-refractivity contribution is 0.536. The summed E-state index contributed by atoms with van der Waals surface area (Å²) in [6.45, 7) is 4.40. The van der Waals surface area contributed by atoms with Crippen LogP contribution in [0.4, 0.5) is 0 Å². The minimum Gasteiger partial charge on any atom is -0.0762 e. The summed E-state index contributed by atoms with van der Waals surface area (Å²) < 4.78 is 0.654. The molecular formula is C15H29ClS. The van der Waals surface area contributed by atoms with Gasteiger partial charge in [0.05, 0.1) is 4.32 Å². The van der Waals surface area contributed by atoms with E-state index in [-0.39, 0.29) is 0 Å². The maximum Gasteiger partial charge on any atom is 0.0836 e. The summed E-state index contributed by atoms with van der Waals surface area (Å²) in [6.07, 6.45) is 15.1. The van der Waals surface area contributed by atoms with Gasteiger partial charge in [-0.2, -0.15) is 0 Å². The van der Waals surface area contributed by atoms with Gasteiger partial charge in [-0.1, -0.05) is 102 Å². The van der Waals surface area contributed by atoms with Crippen LogP contribution in [-0.4, -0.2) is 4.32 Å². The van der Waals surface area contributed by atoms with Crippen LogP contribution in [0.2, 0.25) is 0 Å². The molecule has 0 N–H and O–H groups in total. The van der Waals surface area contributed by atoms with Crippen LogP contribution >= 0.6 is 23.8 Å². The molecule has 0 aromatic rings. The Bertz CT molecular complexity index is 180. The lowest BCUT2D eigenvalue weighted by atomic mass is 10.0. The molecule has 0 saturated carbocycles. The van der Waals surface area contributed by atoms with E-state index in [1.165, 1.54) is 70.6 Å². The molecule has 102 valence electrons. The second-order valence-corrected chi connectivity index (χ2v) is 6.25. The van der Waals surface area contributed by atoms with Crippen molar-refractivity contribution in [2.75, 3.05) is 0 Å². The first-order valence-corrected chi connectivity index (χ1v) is 8.16. The Morgan fingerprint density at radius 3 is 1.71 bits per heavy atom. The molecule has 0 aliphatic carbocycles. The average molecular weight is 277 g/mol. The van der Waals surface area contributed by atoms with Crippen LogP contribution in [0.1, 0.15) is 84.5 Å². The van der Waals surface area contributed by atoms with Crippen molar-refractivity contribution in [2.45, 2.75) is 84.5 Å². The molecule has 0 aliphatic rings. The smallest absolute Gasteiger partial charge is 0.0762 e. The third-order valence-electron chi connectivity index (χ3n) is 3.38. The van der Waals surface area contributed by atoms with Gasteiger partial charge < -0.3 is 0 Å². The molecule has 2 heteroatoms. The Morgan fingerprint density at radius 1 is 0.882 bits per heavy atom. The fourth-order valence-corrected chi connectivity index (χ4v) is 2.28. The number of unbranched alkanes of at least 4 members (excludes halogenated alkanes) is 9. The van der Waals surface area contributed by atoms with Crippen LogP contribution in [0.25, 0.3) is 0 Å². The van der Waals surface area contributed by atoms with Crippen molar-refractivity contribution in [2.24, 2.45) is 5.92 Å². The Kier molecular flexibility index (Phi) is 13.1. The average Bonchev–Trinajstić information content (AvgIpc) is 2.31. The largest absolute Gasteiger partial charge is 0.0836 e. The molecular weight excluding hydrogens is 248 g/mol. The summed E-state index contributed by atoms with van der Waals surface area (Å²) in [5.74, 6) is 0.417. The maximum atomic E-state index is 5.78. The summed E-state index contributed by atoms with van der Waals surface area (Å²) in [5.41, 5.74) is 0. The summed E-state index contributed by atoms with van der Waals surface area (Å²) in [4.78, 5) is 0. The SMILES string of the molecule is CCCCCCCCCCCCC(C)C(=S)Cl. The Balaban J connectivity index is 3.06. The lowest BCUT2D eigenvalue weighted by Gasteiger charge is -2.07. The van der Waals surface area contributed by atoms with Crippen molar-refractivity contribution in [1.29, 1.82) is 0 Å². The molecule has 1 atom stereocenters. The van der Waals surface area contributed by atoms with Crippen molar-refractivity contribution in [3.63, 3.8) is 0 Å². The molecule has 0 amide bonds. The van der Waals surface area contributed by atoms with Gasteiger partial charge in [0.25, 0.3) is 0 Å². The van der Waals surface area contributed by atoms with Gasteiger partial charge in [-0.05, 0) is 6.42 Å². The van der Waals surface area contributed by atoms with Gasteiger partial charge in [0, 0.05) is 5.92 Å². The van der Waals surface area contributed by atoms with Crippen molar-refractivity contribution in [1.82, 2.24) is 0 Å². The predicted molar refractivity (Wildman–Crippen MR) is 84.1 cm³/mol. The van der Waals surface area contributed by atoms with Crippen LogP contribution in [0, 0.1) is 5.92 Å². The van der Waals surface area contributed by atoms with E-state index in [4.69, 9.17) is 23.8 Å². The van der Waals surface area contributed by atoms with Crippen LogP contribution < -0.4 is 0 Å². The molecule has 0 aliphatic heterocycles. The number of rotatable bonds is 12. The third kappa shape index (κ3) is 12.6. The van der Waals surface area contributed by atoms with Crippen LogP contribution in [0.5, 0.6) is 0 Å². The zero-order chi connectivity index (χ0) is 12.9. The quantitative estimate of drug-likeness (QED) is 0.223. The van der Waals surface area contributed by atoms with Crippen molar-refractivity contribution in [3.8, 4) is 0 Å². The topological polar surface area (TPSA) is 0 Å². The van der Waals surface area contributed by atoms with E-state index in [1.807, 2.05) is 0 Å². The molecule has 0 aromatic heterocycles. The molecule has 0 heterocycles. The second-order valence-electron chi connectivity index (χ2n) is 5.18. The molecule has 0 aromatic carbocycles. The monoisotopic (exact) mass is 276 g/mol. The molecule has 1 unspecified atom stereocenters. The van der Waals surface area contributed by atoms with Gasteiger partial charge in [0.2, 0.25) is 0 Å². The molecule has 17 heavy (non-hydrogen) atoms. The van der Waals surface area contributed by atoms with Crippen molar-refractivity contribution >= 4 is 28.1 Å². The lowest BCUT2D eigenvalue weighted by Crippen LogP contribution is -2.00. The summed E-state index contributed by atoms with van der Waals surface area (Å²) in [6, 6.07) is 0. The highest BCUT2D eigenvalue weighted by Crippen LogP contribution is 2.15. The van der Waals surface area contributed by atoms with E-state index in [0.717, 1.165) is 0 Å². The van der Waals surface area contributed by atoms with E-state index in [2.05, 4.69) is 13.8 Å². The number of hydrogen-bond donors (Lipinski definition) is 0. The van der Waals surface area contributed by atoms with Gasteiger partial charge in [-0.3, -0.25) is 0 Å². The highest BCUT2D eigenvalue weighted by Gasteiger charge is 2.04. The first-order chi connectivity index (χ1) is 8.18. The first-order valence-electron chi connectivity index (χ1n) is 7.37. The van der Waals surface area contributed by atoms with Gasteiger partial charge in [0.1, 0.15) is 0 Å². The molecule has 0 nitrogen and oxygen atoms in total. The van der Waals surface area contributed by atoms with Crippen LogP contribution in [0.3, 0.4) is 0 Å². The molecule has 0 spiro atoms. The van der Waals surface area contributed by atoms with E-state index < -0.39 is 0 Å². The molecule has 0 fully saturated rings. The number of thiocarbonyl (C=S) groups is 1. The van der Waals surface area contributed by atoms with E-state index >= 15 is 0 Å². The number of hydrogen-bond acceptors (Lipinski definition) is 1. The predicted octanol–water partition coefficient (Wildman–Crippen LogP) is 6.50. The minimum absolute atomic E-state index is 0.417. The van der Waals surface area contributed by atoms with Crippen molar-refractivity contribution in [3.05, 3.63) is 0 Å². The minimum atomic E-state index is 0.417. The number of halogens is 1. The van der Waals surface area contributed by atoms with Gasteiger partial charge in [-0.25, -0.2) is 0 Å². The highest BCUT2D eigenvalue weighted by molar-refractivity contribution is 7.83. The summed E-state index contributed by atoms with van der Waals surface area (Å²) >= 11 is 10.7. The normalized spacial score (nSPS) is 12.6. The fraction of sp³-hybridized carbons (Fsp3) is 0.933.